The standard InChI is InChI=1S/C19H19NO4S/c1-12-5-6-15-14(10-23-16(15)8-12)9-19(22)24-11-18(21)20-13(2)17-4-3-7-25-17/h3-8,10,13H,9,11H2,1-2H3,(H,20,21)/t13-/m0/s1. The summed E-state index contributed by atoms with van der Waals surface area (Å²) in [5, 5.41) is 5.65. The number of nitrogens with one attached hydrogen (secondary N) is 1. The lowest BCUT2D eigenvalue weighted by molar-refractivity contribution is -0.148. The summed E-state index contributed by atoms with van der Waals surface area (Å²) >= 11 is 1.57. The zero-order valence-electron chi connectivity index (χ0n) is 14.1. The number of esters is 1. The van der Waals surface area contributed by atoms with Crippen LogP contribution in [0, 0.1) is 6.92 Å². The number of thiophene rings is 1. The molecule has 1 aromatic carbocycles. The van der Waals surface area contributed by atoms with Gasteiger partial charge in [-0.05, 0) is 36.9 Å². The third-order valence-corrected chi connectivity index (χ3v) is 4.91. The predicted octanol–water partition coefficient (Wildman–Crippen LogP) is 3.77. The van der Waals surface area contributed by atoms with Crippen molar-refractivity contribution in [1.29, 1.82) is 0 Å². The number of hydrogen-bond donors (Lipinski definition) is 1. The molecule has 3 rings (SSSR count). The van der Waals surface area contributed by atoms with Crippen LogP contribution in [0.5, 0.6) is 0 Å². The van der Waals surface area contributed by atoms with Crippen LogP contribution in [0.15, 0.2) is 46.4 Å². The fourth-order valence-corrected chi connectivity index (χ4v) is 3.31. The van der Waals surface area contributed by atoms with Gasteiger partial charge in [-0.3, -0.25) is 9.59 Å². The zero-order chi connectivity index (χ0) is 17.8. The van der Waals surface area contributed by atoms with Crippen LogP contribution in [0.25, 0.3) is 11.0 Å². The first-order chi connectivity index (χ1) is 12.0. The number of aryl methyl sites for hydroxylation is 1. The number of rotatable bonds is 6. The molecule has 1 atom stereocenters. The highest BCUT2D eigenvalue weighted by Gasteiger charge is 2.15. The molecule has 0 aliphatic carbocycles. The quantitative estimate of drug-likeness (QED) is 0.682. The van der Waals surface area contributed by atoms with E-state index in [4.69, 9.17) is 9.15 Å². The third kappa shape index (κ3) is 4.28. The molecular weight excluding hydrogens is 338 g/mol. The Morgan fingerprint density at radius 3 is 2.92 bits per heavy atom. The van der Waals surface area contributed by atoms with Gasteiger partial charge in [-0.2, -0.15) is 0 Å². The third-order valence-electron chi connectivity index (χ3n) is 3.86. The average molecular weight is 357 g/mol. The van der Waals surface area contributed by atoms with Crippen molar-refractivity contribution < 1.29 is 18.7 Å². The molecule has 0 aliphatic rings. The Morgan fingerprint density at radius 2 is 2.16 bits per heavy atom. The van der Waals surface area contributed by atoms with Crippen molar-refractivity contribution in [2.45, 2.75) is 26.3 Å². The van der Waals surface area contributed by atoms with Crippen LogP contribution in [0.3, 0.4) is 0 Å². The maximum absolute atomic E-state index is 12.0. The molecule has 0 radical (unpaired) electrons. The van der Waals surface area contributed by atoms with E-state index in [1.807, 2.05) is 49.6 Å². The molecular formula is C19H19NO4S. The number of amides is 1. The summed E-state index contributed by atoms with van der Waals surface area (Å²) < 4.78 is 10.5. The van der Waals surface area contributed by atoms with E-state index in [0.29, 0.717) is 0 Å². The molecule has 0 aliphatic heterocycles. The lowest BCUT2D eigenvalue weighted by atomic mass is 10.1. The second-order valence-corrected chi connectivity index (χ2v) is 6.88. The second kappa shape index (κ2) is 7.53. The first kappa shape index (κ1) is 17.2. The van der Waals surface area contributed by atoms with E-state index in [-0.39, 0.29) is 25.0 Å². The van der Waals surface area contributed by atoms with Crippen molar-refractivity contribution in [1.82, 2.24) is 5.32 Å². The Bertz CT molecular complexity index is 882. The minimum Gasteiger partial charge on any atom is -0.464 e. The van der Waals surface area contributed by atoms with E-state index in [1.165, 1.54) is 0 Å². The second-order valence-electron chi connectivity index (χ2n) is 5.90. The minimum absolute atomic E-state index is 0.0732. The van der Waals surface area contributed by atoms with E-state index < -0.39 is 5.97 Å². The predicted molar refractivity (Wildman–Crippen MR) is 96.5 cm³/mol. The van der Waals surface area contributed by atoms with Crippen molar-refractivity contribution in [3.05, 3.63) is 58.0 Å². The van der Waals surface area contributed by atoms with E-state index in [9.17, 15) is 9.59 Å². The Balaban J connectivity index is 1.51. The van der Waals surface area contributed by atoms with Crippen LogP contribution in [-0.2, 0) is 20.7 Å². The summed E-state index contributed by atoms with van der Waals surface area (Å²) in [6.45, 7) is 3.58. The van der Waals surface area contributed by atoms with Crippen molar-refractivity contribution in [3.8, 4) is 0 Å². The molecule has 1 amide bonds. The molecule has 0 bridgehead atoms. The Morgan fingerprint density at radius 1 is 1.32 bits per heavy atom. The number of ether oxygens (including phenoxy) is 1. The van der Waals surface area contributed by atoms with Gasteiger partial charge in [0, 0.05) is 15.8 Å². The van der Waals surface area contributed by atoms with Crippen LogP contribution in [-0.4, -0.2) is 18.5 Å². The highest BCUT2D eigenvalue weighted by atomic mass is 32.1. The summed E-state index contributed by atoms with van der Waals surface area (Å²) in [6.07, 6.45) is 1.63. The van der Waals surface area contributed by atoms with Gasteiger partial charge in [0.25, 0.3) is 5.91 Å². The minimum atomic E-state index is -0.456. The summed E-state index contributed by atoms with van der Waals surface area (Å²) in [4.78, 5) is 25.0. The number of fused-ring (bicyclic) bond motifs is 1. The van der Waals surface area contributed by atoms with Gasteiger partial charge in [0.15, 0.2) is 6.61 Å². The van der Waals surface area contributed by atoms with Crippen LogP contribution in [0.2, 0.25) is 0 Å². The van der Waals surface area contributed by atoms with Crippen LogP contribution in [0.1, 0.15) is 29.0 Å². The highest BCUT2D eigenvalue weighted by molar-refractivity contribution is 7.10. The lowest BCUT2D eigenvalue weighted by Crippen LogP contribution is -2.31. The summed E-state index contributed by atoms with van der Waals surface area (Å²) in [5.74, 6) is -0.774. The molecule has 2 heterocycles. The molecule has 0 spiro atoms. The molecule has 1 N–H and O–H groups in total. The largest absolute Gasteiger partial charge is 0.464 e. The smallest absolute Gasteiger partial charge is 0.310 e. The fraction of sp³-hybridized carbons (Fsp3) is 0.263. The van der Waals surface area contributed by atoms with Crippen molar-refractivity contribution in [3.63, 3.8) is 0 Å². The Hall–Kier alpha value is -2.60. The zero-order valence-corrected chi connectivity index (χ0v) is 14.9. The molecule has 5 nitrogen and oxygen atoms in total. The lowest BCUT2D eigenvalue weighted by Gasteiger charge is -2.12. The van der Waals surface area contributed by atoms with Gasteiger partial charge in [-0.25, -0.2) is 0 Å². The first-order valence-corrected chi connectivity index (χ1v) is 8.86. The molecule has 0 fully saturated rings. The Labute approximate surface area is 149 Å². The van der Waals surface area contributed by atoms with Gasteiger partial charge in [-0.15, -0.1) is 11.3 Å². The van der Waals surface area contributed by atoms with Gasteiger partial charge in [0.1, 0.15) is 5.58 Å². The topological polar surface area (TPSA) is 68.5 Å². The van der Waals surface area contributed by atoms with E-state index in [0.717, 1.165) is 27.0 Å². The van der Waals surface area contributed by atoms with E-state index in [2.05, 4.69) is 5.32 Å². The molecule has 3 aromatic rings. The fourth-order valence-electron chi connectivity index (χ4n) is 2.57. The van der Waals surface area contributed by atoms with Gasteiger partial charge in [0.2, 0.25) is 0 Å². The number of benzene rings is 1. The molecule has 0 saturated carbocycles. The number of carbonyl (C=O) groups is 2. The number of hydrogen-bond acceptors (Lipinski definition) is 5. The van der Waals surface area contributed by atoms with Gasteiger partial charge in [0.05, 0.1) is 18.7 Å². The Kier molecular flexibility index (Phi) is 5.19. The van der Waals surface area contributed by atoms with Gasteiger partial charge in [-0.1, -0.05) is 18.2 Å². The van der Waals surface area contributed by atoms with Crippen molar-refractivity contribution >= 4 is 34.2 Å². The summed E-state index contributed by atoms with van der Waals surface area (Å²) in [5.41, 5.74) is 2.59. The summed E-state index contributed by atoms with van der Waals surface area (Å²) in [6, 6.07) is 9.58. The molecule has 2 aromatic heterocycles. The van der Waals surface area contributed by atoms with Gasteiger partial charge < -0.3 is 14.5 Å². The molecule has 130 valence electrons. The van der Waals surface area contributed by atoms with Crippen LogP contribution < -0.4 is 5.32 Å². The maximum Gasteiger partial charge on any atom is 0.310 e. The van der Waals surface area contributed by atoms with E-state index in [1.54, 1.807) is 17.6 Å². The number of carbonyl (C=O) groups excluding carboxylic acids is 2. The molecule has 25 heavy (non-hydrogen) atoms. The summed E-state index contributed by atoms with van der Waals surface area (Å²) in [7, 11) is 0. The highest BCUT2D eigenvalue weighted by Crippen LogP contribution is 2.23. The first-order valence-electron chi connectivity index (χ1n) is 7.98. The molecule has 0 unspecified atom stereocenters. The van der Waals surface area contributed by atoms with Crippen molar-refractivity contribution in [2.75, 3.05) is 6.61 Å². The average Bonchev–Trinajstić information content (AvgIpc) is 3.23. The molecule has 0 saturated heterocycles. The normalized spacial score (nSPS) is 12.1. The van der Waals surface area contributed by atoms with Crippen LogP contribution >= 0.6 is 11.3 Å². The SMILES string of the molecule is Cc1ccc2c(CC(=O)OCC(=O)N[C@@H](C)c3cccs3)coc2c1. The monoisotopic (exact) mass is 357 g/mol. The van der Waals surface area contributed by atoms with Gasteiger partial charge >= 0.3 is 5.97 Å². The van der Waals surface area contributed by atoms with Crippen molar-refractivity contribution in [2.24, 2.45) is 0 Å². The molecule has 6 heteroatoms. The van der Waals surface area contributed by atoms with E-state index >= 15 is 0 Å². The number of furan rings is 1. The van der Waals surface area contributed by atoms with Crippen LogP contribution in [0.4, 0.5) is 0 Å². The maximum atomic E-state index is 12.0.